The van der Waals surface area contributed by atoms with E-state index in [4.69, 9.17) is 9.84 Å². The molecule has 0 saturated carbocycles. The second-order valence-electron chi connectivity index (χ2n) is 3.41. The minimum Gasteiger partial charge on any atom is -0.481 e. The van der Waals surface area contributed by atoms with Gasteiger partial charge in [-0.2, -0.15) is 0 Å². The molecule has 0 amide bonds. The Morgan fingerprint density at radius 2 is 2.53 bits per heavy atom. The van der Waals surface area contributed by atoms with Crippen molar-refractivity contribution in [2.45, 2.75) is 31.9 Å². The number of aryl methyl sites for hydroxylation is 1. The molecule has 1 aliphatic heterocycles. The van der Waals surface area contributed by atoms with E-state index in [-0.39, 0.29) is 19.1 Å². The van der Waals surface area contributed by atoms with Crippen LogP contribution in [0.2, 0.25) is 0 Å². The van der Waals surface area contributed by atoms with E-state index in [1.54, 1.807) is 0 Å². The van der Waals surface area contributed by atoms with E-state index in [1.165, 1.54) is 4.68 Å². The fourth-order valence-electron chi connectivity index (χ4n) is 1.58. The minimum atomic E-state index is -0.858. The van der Waals surface area contributed by atoms with Crippen LogP contribution in [0.4, 0.5) is 0 Å². The highest BCUT2D eigenvalue weighted by Crippen LogP contribution is 2.26. The van der Waals surface area contributed by atoms with E-state index >= 15 is 0 Å². The third-order valence-corrected chi connectivity index (χ3v) is 2.31. The Labute approximate surface area is 86.0 Å². The quantitative estimate of drug-likeness (QED) is 0.755. The maximum absolute atomic E-state index is 10.4. The van der Waals surface area contributed by atoms with Gasteiger partial charge in [-0.05, 0) is 23.3 Å². The van der Waals surface area contributed by atoms with E-state index < -0.39 is 5.97 Å². The molecule has 1 unspecified atom stereocenters. The molecule has 2 heterocycles. The van der Waals surface area contributed by atoms with Crippen molar-refractivity contribution in [2.75, 3.05) is 6.61 Å². The topological polar surface area (TPSA) is 90.1 Å². The van der Waals surface area contributed by atoms with Gasteiger partial charge in [-0.15, -0.1) is 5.10 Å². The minimum absolute atomic E-state index is 0.0186. The van der Waals surface area contributed by atoms with Crippen LogP contribution < -0.4 is 0 Å². The first-order chi connectivity index (χ1) is 7.27. The van der Waals surface area contributed by atoms with Crippen LogP contribution in [0.15, 0.2) is 0 Å². The molecule has 1 aromatic heterocycles. The maximum atomic E-state index is 10.4. The zero-order valence-electron chi connectivity index (χ0n) is 8.17. The van der Waals surface area contributed by atoms with Crippen LogP contribution >= 0.6 is 0 Å². The molecule has 0 aromatic carbocycles. The van der Waals surface area contributed by atoms with Crippen LogP contribution in [-0.2, 0) is 16.1 Å². The fraction of sp³-hybridized carbons (Fsp3) is 0.750. The molecule has 0 radical (unpaired) electrons. The predicted octanol–water partition coefficient (Wildman–Crippen LogP) is -0.000700. The zero-order valence-corrected chi connectivity index (χ0v) is 8.17. The molecule has 15 heavy (non-hydrogen) atoms. The maximum Gasteiger partial charge on any atom is 0.305 e. The van der Waals surface area contributed by atoms with Gasteiger partial charge in [-0.3, -0.25) is 4.79 Å². The number of nitrogens with zero attached hydrogens (tertiary/aromatic N) is 4. The molecule has 1 N–H and O–H groups in total. The molecule has 82 valence electrons. The number of hydrogen-bond acceptors (Lipinski definition) is 5. The number of ether oxygens (including phenoxy) is 1. The number of carboxylic acids is 1. The fourth-order valence-corrected chi connectivity index (χ4v) is 1.58. The van der Waals surface area contributed by atoms with Crippen LogP contribution in [0.25, 0.3) is 0 Å². The van der Waals surface area contributed by atoms with Crippen LogP contribution in [0, 0.1) is 0 Å². The highest BCUT2D eigenvalue weighted by Gasteiger charge is 2.23. The Kier molecular flexibility index (Phi) is 2.91. The van der Waals surface area contributed by atoms with Gasteiger partial charge in [0.05, 0.1) is 13.0 Å². The lowest BCUT2D eigenvalue weighted by molar-refractivity contribution is -0.137. The van der Waals surface area contributed by atoms with E-state index in [0.717, 1.165) is 19.4 Å². The molecular weight excluding hydrogens is 200 g/mol. The molecule has 0 aliphatic carbocycles. The Balaban J connectivity index is 2.04. The van der Waals surface area contributed by atoms with Gasteiger partial charge in [0, 0.05) is 6.61 Å². The first-order valence-corrected chi connectivity index (χ1v) is 4.87. The second kappa shape index (κ2) is 4.35. The summed E-state index contributed by atoms with van der Waals surface area (Å²) >= 11 is 0. The number of carbonyl (C=O) groups is 1. The molecule has 7 heteroatoms. The summed E-state index contributed by atoms with van der Waals surface area (Å²) in [7, 11) is 0. The summed E-state index contributed by atoms with van der Waals surface area (Å²) in [6, 6.07) is 0. The number of rotatable bonds is 4. The monoisotopic (exact) mass is 212 g/mol. The Morgan fingerprint density at radius 1 is 1.67 bits per heavy atom. The van der Waals surface area contributed by atoms with Gasteiger partial charge in [-0.1, -0.05) is 0 Å². The van der Waals surface area contributed by atoms with E-state index in [2.05, 4.69) is 15.5 Å². The van der Waals surface area contributed by atoms with Crippen molar-refractivity contribution < 1.29 is 14.6 Å². The molecule has 0 bridgehead atoms. The Morgan fingerprint density at radius 3 is 3.20 bits per heavy atom. The third-order valence-electron chi connectivity index (χ3n) is 2.31. The largest absolute Gasteiger partial charge is 0.481 e. The van der Waals surface area contributed by atoms with Crippen molar-refractivity contribution in [2.24, 2.45) is 0 Å². The van der Waals surface area contributed by atoms with Crippen molar-refractivity contribution in [3.8, 4) is 0 Å². The first-order valence-electron chi connectivity index (χ1n) is 4.87. The Hall–Kier alpha value is -1.50. The summed E-state index contributed by atoms with van der Waals surface area (Å²) in [5.74, 6) is -0.224. The van der Waals surface area contributed by atoms with Crippen LogP contribution in [0.5, 0.6) is 0 Å². The van der Waals surface area contributed by atoms with Gasteiger partial charge < -0.3 is 9.84 Å². The summed E-state index contributed by atoms with van der Waals surface area (Å²) in [5, 5.41) is 19.7. The van der Waals surface area contributed by atoms with Crippen molar-refractivity contribution in [3.63, 3.8) is 0 Å². The van der Waals surface area contributed by atoms with Crippen LogP contribution in [-0.4, -0.2) is 37.9 Å². The lowest BCUT2D eigenvalue weighted by atomic mass is 10.2. The van der Waals surface area contributed by atoms with Crippen molar-refractivity contribution in [1.29, 1.82) is 0 Å². The normalized spacial score (nSPS) is 20.7. The number of tetrazole rings is 1. The zero-order chi connectivity index (χ0) is 10.7. The Bertz CT molecular complexity index is 345. The van der Waals surface area contributed by atoms with Gasteiger partial charge in [-0.25, -0.2) is 4.68 Å². The smallest absolute Gasteiger partial charge is 0.305 e. The number of carboxylic acid groups (broad SMARTS) is 1. The molecule has 2 rings (SSSR count). The first kappa shape index (κ1) is 10.0. The van der Waals surface area contributed by atoms with Gasteiger partial charge >= 0.3 is 5.97 Å². The van der Waals surface area contributed by atoms with E-state index in [1.807, 2.05) is 0 Å². The molecule has 0 spiro atoms. The summed E-state index contributed by atoms with van der Waals surface area (Å²) in [6.45, 7) is 1.01. The molecule has 1 aromatic rings. The highest BCUT2D eigenvalue weighted by molar-refractivity contribution is 5.66. The van der Waals surface area contributed by atoms with Gasteiger partial charge in [0.2, 0.25) is 0 Å². The summed E-state index contributed by atoms with van der Waals surface area (Å²) in [6.07, 6.45) is 1.84. The van der Waals surface area contributed by atoms with Crippen molar-refractivity contribution >= 4 is 5.97 Å². The van der Waals surface area contributed by atoms with E-state index in [9.17, 15) is 4.79 Å². The molecule has 1 saturated heterocycles. The molecule has 7 nitrogen and oxygen atoms in total. The van der Waals surface area contributed by atoms with Gasteiger partial charge in [0.1, 0.15) is 6.10 Å². The molecule has 1 aliphatic rings. The van der Waals surface area contributed by atoms with Crippen molar-refractivity contribution in [1.82, 2.24) is 20.2 Å². The van der Waals surface area contributed by atoms with Gasteiger partial charge in [0.15, 0.2) is 5.82 Å². The number of aromatic nitrogens is 4. The van der Waals surface area contributed by atoms with Crippen LogP contribution in [0.3, 0.4) is 0 Å². The lowest BCUT2D eigenvalue weighted by Crippen LogP contribution is -2.12. The third kappa shape index (κ3) is 2.30. The molecule has 1 atom stereocenters. The summed E-state index contributed by atoms with van der Waals surface area (Å²) in [5.41, 5.74) is 0. The SMILES string of the molecule is O=C(O)CCn1nnnc1C1CCCO1. The summed E-state index contributed by atoms with van der Waals surface area (Å²) < 4.78 is 6.94. The molecule has 1 fully saturated rings. The highest BCUT2D eigenvalue weighted by atomic mass is 16.5. The molecular formula is C8H12N4O3. The average molecular weight is 212 g/mol. The van der Waals surface area contributed by atoms with Crippen LogP contribution in [0.1, 0.15) is 31.2 Å². The van der Waals surface area contributed by atoms with Gasteiger partial charge in [0.25, 0.3) is 0 Å². The lowest BCUT2D eigenvalue weighted by Gasteiger charge is -2.08. The van der Waals surface area contributed by atoms with E-state index in [0.29, 0.717) is 5.82 Å². The average Bonchev–Trinajstić information content (AvgIpc) is 2.85. The predicted molar refractivity (Wildman–Crippen MR) is 48.0 cm³/mol. The standard InChI is InChI=1S/C8H12N4O3/c13-7(14)3-4-12-8(9-10-11-12)6-2-1-5-15-6/h6H,1-5H2,(H,13,14). The van der Waals surface area contributed by atoms with Crippen molar-refractivity contribution in [3.05, 3.63) is 5.82 Å². The number of hydrogen-bond donors (Lipinski definition) is 1. The second-order valence-corrected chi connectivity index (χ2v) is 3.41. The number of aliphatic carboxylic acids is 1. The summed E-state index contributed by atoms with van der Waals surface area (Å²) in [4.78, 5) is 10.4.